The van der Waals surface area contributed by atoms with E-state index in [1.54, 1.807) is 27.5 Å². The van der Waals surface area contributed by atoms with Gasteiger partial charge in [-0.2, -0.15) is 5.10 Å². The molecule has 1 heterocycles. The largest absolute Gasteiger partial charge is 0.341 e. The van der Waals surface area contributed by atoms with Crippen molar-refractivity contribution in [1.29, 1.82) is 0 Å². The molecule has 3 aromatic rings. The van der Waals surface area contributed by atoms with Gasteiger partial charge in [-0.3, -0.25) is 9.48 Å². The van der Waals surface area contributed by atoms with Crippen LogP contribution in [0.25, 0.3) is 10.8 Å². The molecule has 5 heteroatoms. The quantitative estimate of drug-likeness (QED) is 0.675. The molecule has 0 spiro atoms. The molecule has 23 heavy (non-hydrogen) atoms. The van der Waals surface area contributed by atoms with E-state index in [-0.39, 0.29) is 5.91 Å². The Morgan fingerprint density at radius 1 is 1.22 bits per heavy atom. The van der Waals surface area contributed by atoms with Gasteiger partial charge < -0.3 is 4.90 Å². The van der Waals surface area contributed by atoms with Crippen molar-refractivity contribution in [3.8, 4) is 0 Å². The first-order valence-electron chi connectivity index (χ1n) is 7.45. The van der Waals surface area contributed by atoms with Gasteiger partial charge in [0.15, 0.2) is 0 Å². The van der Waals surface area contributed by atoms with Gasteiger partial charge in [0, 0.05) is 37.3 Å². The van der Waals surface area contributed by atoms with E-state index < -0.39 is 0 Å². The van der Waals surface area contributed by atoms with E-state index in [4.69, 9.17) is 0 Å². The van der Waals surface area contributed by atoms with Gasteiger partial charge in [-0.15, -0.1) is 11.8 Å². The molecule has 4 nitrogen and oxygen atoms in total. The average Bonchev–Trinajstić information content (AvgIpc) is 2.97. The smallest absolute Gasteiger partial charge is 0.232 e. The number of nitrogens with zero attached hydrogens (tertiary/aromatic N) is 3. The number of amides is 1. The fraction of sp³-hybridized carbons (Fsp3) is 0.222. The highest BCUT2D eigenvalue weighted by atomic mass is 32.2. The van der Waals surface area contributed by atoms with Crippen molar-refractivity contribution in [2.75, 3.05) is 12.8 Å². The fourth-order valence-corrected chi connectivity index (χ4v) is 3.31. The van der Waals surface area contributed by atoms with Crippen LogP contribution in [-0.2, 0) is 18.4 Å². The van der Waals surface area contributed by atoms with Crippen molar-refractivity contribution in [2.45, 2.75) is 11.4 Å². The van der Waals surface area contributed by atoms with Crippen LogP contribution in [0.1, 0.15) is 5.56 Å². The number of carbonyl (C=O) groups is 1. The molecule has 1 aromatic heterocycles. The monoisotopic (exact) mass is 325 g/mol. The maximum atomic E-state index is 12.3. The van der Waals surface area contributed by atoms with Crippen molar-refractivity contribution in [2.24, 2.45) is 7.05 Å². The zero-order valence-electron chi connectivity index (χ0n) is 13.3. The molecule has 3 rings (SSSR count). The Bertz CT molecular complexity index is 828. The fourth-order valence-electron chi connectivity index (χ4n) is 2.43. The molecular weight excluding hydrogens is 306 g/mol. The summed E-state index contributed by atoms with van der Waals surface area (Å²) >= 11 is 1.58. The topological polar surface area (TPSA) is 38.1 Å². The molecule has 0 bridgehead atoms. The minimum atomic E-state index is 0.118. The zero-order chi connectivity index (χ0) is 16.2. The number of rotatable bonds is 5. The van der Waals surface area contributed by atoms with Crippen LogP contribution in [0.15, 0.2) is 59.8 Å². The number of aryl methyl sites for hydroxylation is 1. The van der Waals surface area contributed by atoms with Gasteiger partial charge >= 0.3 is 0 Å². The normalized spacial score (nSPS) is 10.9. The van der Waals surface area contributed by atoms with Crippen molar-refractivity contribution in [1.82, 2.24) is 14.7 Å². The van der Waals surface area contributed by atoms with Crippen LogP contribution in [0.2, 0.25) is 0 Å². The lowest BCUT2D eigenvalue weighted by molar-refractivity contribution is -0.127. The second kappa shape index (κ2) is 6.87. The van der Waals surface area contributed by atoms with Crippen molar-refractivity contribution >= 4 is 28.4 Å². The maximum Gasteiger partial charge on any atom is 0.232 e. The van der Waals surface area contributed by atoms with Crippen molar-refractivity contribution in [3.63, 3.8) is 0 Å². The molecule has 0 unspecified atom stereocenters. The van der Waals surface area contributed by atoms with Gasteiger partial charge in [0.1, 0.15) is 0 Å². The van der Waals surface area contributed by atoms with E-state index in [1.807, 2.05) is 32.4 Å². The zero-order valence-corrected chi connectivity index (χ0v) is 14.1. The summed E-state index contributed by atoms with van der Waals surface area (Å²) in [6, 6.07) is 14.6. The predicted molar refractivity (Wildman–Crippen MR) is 94.4 cm³/mol. The first kappa shape index (κ1) is 15.6. The maximum absolute atomic E-state index is 12.3. The minimum absolute atomic E-state index is 0.118. The predicted octanol–water partition coefficient (Wildman–Crippen LogP) is 3.32. The van der Waals surface area contributed by atoms with E-state index in [0.29, 0.717) is 12.3 Å². The number of benzene rings is 2. The molecule has 0 saturated heterocycles. The number of fused-ring (bicyclic) bond motifs is 1. The second-order valence-electron chi connectivity index (χ2n) is 5.57. The van der Waals surface area contributed by atoms with E-state index in [9.17, 15) is 4.79 Å². The number of aromatic nitrogens is 2. The number of hydrogen-bond acceptors (Lipinski definition) is 3. The Morgan fingerprint density at radius 2 is 2.00 bits per heavy atom. The van der Waals surface area contributed by atoms with Gasteiger partial charge in [-0.1, -0.05) is 30.3 Å². The summed E-state index contributed by atoms with van der Waals surface area (Å²) in [5.74, 6) is 0.557. The van der Waals surface area contributed by atoms with Crippen LogP contribution in [0.4, 0.5) is 0 Å². The van der Waals surface area contributed by atoms with Crippen LogP contribution in [0.5, 0.6) is 0 Å². The van der Waals surface area contributed by atoms with Gasteiger partial charge in [-0.05, 0) is 22.9 Å². The van der Waals surface area contributed by atoms with Crippen molar-refractivity contribution < 1.29 is 4.79 Å². The van der Waals surface area contributed by atoms with Gasteiger partial charge in [-0.25, -0.2) is 0 Å². The lowest BCUT2D eigenvalue weighted by Gasteiger charge is -2.16. The third-order valence-electron chi connectivity index (χ3n) is 3.69. The molecule has 1 amide bonds. The third kappa shape index (κ3) is 3.93. The molecule has 0 radical (unpaired) electrons. The van der Waals surface area contributed by atoms with E-state index in [0.717, 1.165) is 10.5 Å². The first-order chi connectivity index (χ1) is 11.1. The molecule has 0 N–H and O–H groups in total. The molecule has 0 fully saturated rings. The highest BCUT2D eigenvalue weighted by Gasteiger charge is 2.11. The first-order valence-corrected chi connectivity index (χ1v) is 8.43. The second-order valence-corrected chi connectivity index (χ2v) is 6.62. The number of hydrogen-bond donors (Lipinski definition) is 0. The Morgan fingerprint density at radius 3 is 2.74 bits per heavy atom. The summed E-state index contributed by atoms with van der Waals surface area (Å²) in [6.45, 7) is 0.588. The summed E-state index contributed by atoms with van der Waals surface area (Å²) in [4.78, 5) is 15.1. The van der Waals surface area contributed by atoms with Gasteiger partial charge in [0.25, 0.3) is 0 Å². The van der Waals surface area contributed by atoms with E-state index in [1.165, 1.54) is 10.8 Å². The van der Waals surface area contributed by atoms with Crippen LogP contribution < -0.4 is 0 Å². The third-order valence-corrected chi connectivity index (χ3v) is 4.67. The highest BCUT2D eigenvalue weighted by molar-refractivity contribution is 8.00. The Balaban J connectivity index is 1.58. The summed E-state index contributed by atoms with van der Waals surface area (Å²) in [5.41, 5.74) is 1.04. The van der Waals surface area contributed by atoms with Gasteiger partial charge in [0.2, 0.25) is 5.91 Å². The Kier molecular flexibility index (Phi) is 4.67. The van der Waals surface area contributed by atoms with Crippen LogP contribution in [-0.4, -0.2) is 33.4 Å². The molecular formula is C18H19N3OS. The summed E-state index contributed by atoms with van der Waals surface area (Å²) in [5, 5.41) is 6.55. The lowest BCUT2D eigenvalue weighted by atomic mass is 10.1. The molecule has 0 saturated carbocycles. The standard InChI is InChI=1S/C18H19N3OS/c1-20(11-14-10-19-21(2)12-14)18(22)13-23-17-8-7-15-5-3-4-6-16(15)9-17/h3-10,12H,11,13H2,1-2H3. The molecule has 0 aliphatic rings. The summed E-state index contributed by atoms with van der Waals surface area (Å²) in [6.07, 6.45) is 3.72. The lowest BCUT2D eigenvalue weighted by Crippen LogP contribution is -2.27. The van der Waals surface area contributed by atoms with E-state index in [2.05, 4.69) is 35.4 Å². The highest BCUT2D eigenvalue weighted by Crippen LogP contribution is 2.23. The average molecular weight is 325 g/mol. The Labute approximate surface area is 140 Å². The Hall–Kier alpha value is -2.27. The molecule has 0 atom stereocenters. The van der Waals surface area contributed by atoms with Crippen LogP contribution in [0, 0.1) is 0 Å². The number of carbonyl (C=O) groups excluding carboxylic acids is 1. The number of thioether (sulfide) groups is 1. The van der Waals surface area contributed by atoms with Gasteiger partial charge in [0.05, 0.1) is 11.9 Å². The summed E-state index contributed by atoms with van der Waals surface area (Å²) < 4.78 is 1.75. The minimum Gasteiger partial charge on any atom is -0.341 e. The van der Waals surface area contributed by atoms with Crippen LogP contribution in [0.3, 0.4) is 0 Å². The van der Waals surface area contributed by atoms with E-state index >= 15 is 0 Å². The molecule has 0 aliphatic heterocycles. The van der Waals surface area contributed by atoms with Crippen molar-refractivity contribution in [3.05, 3.63) is 60.4 Å². The molecule has 0 aliphatic carbocycles. The molecule has 2 aromatic carbocycles. The SMILES string of the molecule is CN(Cc1cnn(C)c1)C(=O)CSc1ccc2ccccc2c1. The van der Waals surface area contributed by atoms with Crippen LogP contribution >= 0.6 is 11.8 Å². The molecule has 118 valence electrons. The summed E-state index contributed by atoms with van der Waals surface area (Å²) in [7, 11) is 3.71.